The molecule has 1 saturated carbocycles. The van der Waals surface area contributed by atoms with Crippen LogP contribution in [0, 0.1) is 5.92 Å². The first-order valence-corrected chi connectivity index (χ1v) is 12.6. The number of carbonyl (C=O) groups excluding carboxylic acids is 3. The fourth-order valence-corrected chi connectivity index (χ4v) is 5.65. The molecule has 2 aliphatic heterocycles. The summed E-state index contributed by atoms with van der Waals surface area (Å²) in [7, 11) is 2.84. The third-order valence-electron chi connectivity index (χ3n) is 6.77. The monoisotopic (exact) mass is 500 g/mol. The highest BCUT2D eigenvalue weighted by atomic mass is 32.2. The van der Waals surface area contributed by atoms with Crippen molar-refractivity contribution in [3.8, 4) is 0 Å². The quantitative estimate of drug-likeness (QED) is 0.258. The lowest BCUT2D eigenvalue weighted by atomic mass is 9.68. The third kappa shape index (κ3) is 6.12. The first-order chi connectivity index (χ1) is 16.1. The number of carbonyl (C=O) groups is 3. The first-order valence-electron chi connectivity index (χ1n) is 11.5. The summed E-state index contributed by atoms with van der Waals surface area (Å²) in [5.74, 6) is -1.04. The van der Waals surface area contributed by atoms with E-state index in [2.05, 4.69) is 36.9 Å². The van der Waals surface area contributed by atoms with Gasteiger partial charge in [0.15, 0.2) is 0 Å². The molecule has 10 nitrogen and oxygen atoms in total. The smallest absolute Gasteiger partial charge is 0.414 e. The average molecular weight is 501 g/mol. The van der Waals surface area contributed by atoms with Gasteiger partial charge >= 0.3 is 12.1 Å². The Morgan fingerprint density at radius 2 is 2.00 bits per heavy atom. The van der Waals surface area contributed by atoms with Gasteiger partial charge in [0.2, 0.25) is 5.91 Å². The predicted molar refractivity (Wildman–Crippen MR) is 125 cm³/mol. The fourth-order valence-electron chi connectivity index (χ4n) is 4.89. The van der Waals surface area contributed by atoms with Crippen molar-refractivity contribution in [1.29, 1.82) is 0 Å². The molecule has 1 spiro atoms. The van der Waals surface area contributed by atoms with Crippen LogP contribution in [-0.2, 0) is 33.3 Å². The molecule has 3 aliphatic rings. The summed E-state index contributed by atoms with van der Waals surface area (Å²) < 4.78 is 28.1. The van der Waals surface area contributed by atoms with E-state index in [9.17, 15) is 14.4 Å². The average Bonchev–Trinajstić information content (AvgIpc) is 3.69. The van der Waals surface area contributed by atoms with Crippen LogP contribution in [0.15, 0.2) is 11.6 Å². The minimum Gasteiger partial charge on any atom is -0.468 e. The summed E-state index contributed by atoms with van der Waals surface area (Å²) in [6.07, 6.45) is 2.50. The number of epoxide rings is 2. The lowest BCUT2D eigenvalue weighted by molar-refractivity contribution is -0.141. The van der Waals surface area contributed by atoms with E-state index >= 15 is 0 Å². The zero-order chi connectivity index (χ0) is 25.1. The summed E-state index contributed by atoms with van der Waals surface area (Å²) in [4.78, 5) is 35.9. The Bertz CT molecular complexity index is 813. The Labute approximate surface area is 204 Å². The number of amides is 2. The van der Waals surface area contributed by atoms with Crippen LogP contribution in [0.4, 0.5) is 4.79 Å². The zero-order valence-corrected chi connectivity index (χ0v) is 21.3. The van der Waals surface area contributed by atoms with Gasteiger partial charge in [0.1, 0.15) is 29.5 Å². The van der Waals surface area contributed by atoms with Crippen molar-refractivity contribution in [2.45, 2.75) is 75.6 Å². The van der Waals surface area contributed by atoms with Gasteiger partial charge in [0.25, 0.3) is 0 Å². The molecule has 2 amide bonds. The number of ether oxygens (including phenoxy) is 5. The molecule has 192 valence electrons. The van der Waals surface area contributed by atoms with Crippen molar-refractivity contribution in [3.63, 3.8) is 0 Å². The van der Waals surface area contributed by atoms with Gasteiger partial charge in [-0.15, -0.1) is 11.8 Å². The van der Waals surface area contributed by atoms with Gasteiger partial charge < -0.3 is 29.4 Å². The van der Waals surface area contributed by atoms with Crippen LogP contribution in [0.25, 0.3) is 0 Å². The van der Waals surface area contributed by atoms with E-state index in [1.807, 2.05) is 0 Å². The molecule has 11 heteroatoms. The maximum atomic E-state index is 12.4. The SMILES string of the molecule is COC(=O)[C@@H](N)CSCC(=O)NC(=O)O[C@@H]1CC[C@]2(CO2)[C@@H](C2(C)O[C@@H]2CC=C(C)C)[C@@H]1OC. The topological polar surface area (TPSA) is 142 Å². The second kappa shape index (κ2) is 10.9. The summed E-state index contributed by atoms with van der Waals surface area (Å²) in [5, 5.41) is 2.23. The van der Waals surface area contributed by atoms with Crippen LogP contribution >= 0.6 is 11.8 Å². The number of hydrogen-bond acceptors (Lipinski definition) is 10. The van der Waals surface area contributed by atoms with E-state index in [1.165, 1.54) is 12.7 Å². The molecule has 7 atom stereocenters. The summed E-state index contributed by atoms with van der Waals surface area (Å²) in [5.41, 5.74) is 6.11. The largest absolute Gasteiger partial charge is 0.468 e. The van der Waals surface area contributed by atoms with Crippen molar-refractivity contribution in [3.05, 3.63) is 11.6 Å². The second-order valence-electron chi connectivity index (χ2n) is 9.51. The number of rotatable bonds is 10. The number of nitrogens with one attached hydrogen (secondary N) is 1. The lowest BCUT2D eigenvalue weighted by Gasteiger charge is -2.42. The number of nitrogens with two attached hydrogens (primary N) is 1. The molecular formula is C23H36N2O8S. The maximum Gasteiger partial charge on any atom is 0.414 e. The molecule has 0 aromatic carbocycles. The summed E-state index contributed by atoms with van der Waals surface area (Å²) >= 11 is 1.12. The van der Waals surface area contributed by atoms with E-state index in [0.29, 0.717) is 13.0 Å². The normalized spacial score (nSPS) is 34.6. The number of hydrogen-bond donors (Lipinski definition) is 2. The van der Waals surface area contributed by atoms with E-state index in [0.717, 1.165) is 24.6 Å². The summed E-state index contributed by atoms with van der Waals surface area (Å²) in [6, 6.07) is -0.833. The molecule has 3 fully saturated rings. The van der Waals surface area contributed by atoms with Crippen LogP contribution in [0.2, 0.25) is 0 Å². The number of methoxy groups -OCH3 is 2. The molecule has 0 radical (unpaired) electrons. The van der Waals surface area contributed by atoms with E-state index in [4.69, 9.17) is 24.7 Å². The molecule has 0 aromatic rings. The standard InChI is InChI=1S/C23H36N2O8S/c1-13(2)6-7-16-22(3,33-16)19-18(29-4)15(8-9-23(19)12-31-23)32-21(28)25-17(26)11-34-10-14(24)20(27)30-5/h6,14-16,18-19H,7-12,24H2,1-5H3,(H,25,26,28)/t14-,15+,16+,18+,19+,22?,23-/m0/s1. The van der Waals surface area contributed by atoms with Crippen LogP contribution in [0.3, 0.4) is 0 Å². The minimum atomic E-state index is -0.833. The molecular weight excluding hydrogens is 464 g/mol. The van der Waals surface area contributed by atoms with Crippen molar-refractivity contribution < 1.29 is 38.1 Å². The van der Waals surface area contributed by atoms with Crippen LogP contribution in [0.1, 0.15) is 40.0 Å². The Hall–Kier alpha value is -1.66. The highest BCUT2D eigenvalue weighted by Crippen LogP contribution is 2.59. The molecule has 0 aromatic heterocycles. The van der Waals surface area contributed by atoms with Crippen molar-refractivity contribution in [2.75, 3.05) is 32.3 Å². The van der Waals surface area contributed by atoms with Gasteiger partial charge in [0, 0.05) is 12.9 Å². The number of allylic oxidation sites excluding steroid dienone is 1. The van der Waals surface area contributed by atoms with Gasteiger partial charge in [-0.2, -0.15) is 0 Å². The molecule has 2 saturated heterocycles. The van der Waals surface area contributed by atoms with Gasteiger partial charge in [0.05, 0.1) is 31.5 Å². The molecule has 1 aliphatic carbocycles. The first kappa shape index (κ1) is 26.9. The van der Waals surface area contributed by atoms with Gasteiger partial charge in [-0.25, -0.2) is 4.79 Å². The molecule has 1 unspecified atom stereocenters. The highest BCUT2D eigenvalue weighted by molar-refractivity contribution is 8.00. The van der Waals surface area contributed by atoms with E-state index in [1.54, 1.807) is 7.11 Å². The van der Waals surface area contributed by atoms with E-state index in [-0.39, 0.29) is 29.1 Å². The molecule has 3 N–H and O–H groups in total. The molecule has 3 rings (SSSR count). The zero-order valence-electron chi connectivity index (χ0n) is 20.5. The van der Waals surface area contributed by atoms with Gasteiger partial charge in [-0.05, 0) is 40.0 Å². The van der Waals surface area contributed by atoms with Crippen LogP contribution in [-0.4, -0.2) is 85.9 Å². The number of thioether (sulfide) groups is 1. The molecule has 0 bridgehead atoms. The van der Waals surface area contributed by atoms with Gasteiger partial charge in [-0.1, -0.05) is 11.6 Å². The van der Waals surface area contributed by atoms with Crippen molar-refractivity contribution in [1.82, 2.24) is 5.32 Å². The Kier molecular flexibility index (Phi) is 8.67. The Morgan fingerprint density at radius 1 is 1.29 bits per heavy atom. The third-order valence-corrected chi connectivity index (χ3v) is 7.83. The number of esters is 1. The van der Waals surface area contributed by atoms with Gasteiger partial charge in [-0.3, -0.25) is 14.9 Å². The summed E-state index contributed by atoms with van der Waals surface area (Å²) in [6.45, 7) is 6.81. The molecule has 2 heterocycles. The maximum absolute atomic E-state index is 12.4. The minimum absolute atomic E-state index is 0.0459. The van der Waals surface area contributed by atoms with Crippen molar-refractivity contribution >= 4 is 29.7 Å². The highest BCUT2D eigenvalue weighted by Gasteiger charge is 2.72. The van der Waals surface area contributed by atoms with Crippen LogP contribution in [0.5, 0.6) is 0 Å². The Morgan fingerprint density at radius 3 is 2.59 bits per heavy atom. The number of alkyl carbamates (subject to hydrolysis) is 1. The fraction of sp³-hybridized carbons (Fsp3) is 0.783. The second-order valence-corrected chi connectivity index (χ2v) is 10.5. The lowest BCUT2D eigenvalue weighted by Crippen LogP contribution is -2.56. The van der Waals surface area contributed by atoms with E-state index < -0.39 is 41.8 Å². The molecule has 34 heavy (non-hydrogen) atoms. The predicted octanol–water partition coefficient (Wildman–Crippen LogP) is 1.55. The van der Waals surface area contributed by atoms with Crippen LogP contribution < -0.4 is 11.1 Å². The Balaban J connectivity index is 1.54. The van der Waals surface area contributed by atoms with Crippen molar-refractivity contribution in [2.24, 2.45) is 11.7 Å². The number of imide groups is 1.